The maximum Gasteiger partial charge on any atom is -0.00233 e. The first-order chi connectivity index (χ1) is 19.9. The van der Waals surface area contributed by atoms with Crippen molar-refractivity contribution in [1.29, 1.82) is 0 Å². The summed E-state index contributed by atoms with van der Waals surface area (Å²) in [6, 6.07) is 37.4. The van der Waals surface area contributed by atoms with Crippen LogP contribution in [-0.4, -0.2) is 0 Å². The van der Waals surface area contributed by atoms with Crippen molar-refractivity contribution in [2.75, 3.05) is 0 Å². The van der Waals surface area contributed by atoms with Gasteiger partial charge < -0.3 is 0 Å². The summed E-state index contributed by atoms with van der Waals surface area (Å²) in [6.07, 6.45) is 0. The highest BCUT2D eigenvalue weighted by molar-refractivity contribution is 6.34. The van der Waals surface area contributed by atoms with Crippen LogP contribution in [0.25, 0.3) is 65.3 Å². The highest BCUT2D eigenvalue weighted by Gasteiger charge is 2.19. The van der Waals surface area contributed by atoms with Gasteiger partial charge in [0.2, 0.25) is 0 Å². The van der Waals surface area contributed by atoms with Crippen molar-refractivity contribution >= 4 is 43.1 Å². The van der Waals surface area contributed by atoms with Crippen molar-refractivity contribution in [3.05, 3.63) is 119 Å². The quantitative estimate of drug-likeness (QED) is 0.150. The average Bonchev–Trinajstić information content (AvgIpc) is 2.96. The van der Waals surface area contributed by atoms with Gasteiger partial charge in [0, 0.05) is 0 Å². The zero-order valence-electron chi connectivity index (χ0n) is 26.2. The van der Waals surface area contributed by atoms with Crippen LogP contribution in [0.4, 0.5) is 0 Å². The molecule has 0 bridgehead atoms. The zero-order chi connectivity index (χ0) is 29.6. The summed E-state index contributed by atoms with van der Waals surface area (Å²) < 4.78 is 0. The summed E-state index contributed by atoms with van der Waals surface area (Å²) in [5.41, 5.74) is 10.8. The molecule has 0 aliphatic carbocycles. The van der Waals surface area contributed by atoms with E-state index < -0.39 is 0 Å². The van der Waals surface area contributed by atoms with E-state index in [0.717, 1.165) is 0 Å². The minimum atomic E-state index is 0.143. The fourth-order valence-corrected chi connectivity index (χ4v) is 6.78. The van der Waals surface area contributed by atoms with Gasteiger partial charge >= 0.3 is 0 Å². The van der Waals surface area contributed by atoms with Crippen LogP contribution < -0.4 is 0 Å². The minimum Gasteiger partial charge on any atom is -0.0581 e. The molecule has 0 unspecified atom stereocenters. The molecule has 0 atom stereocenters. The molecule has 0 amide bonds. The van der Waals surface area contributed by atoms with E-state index in [4.69, 9.17) is 0 Å². The Morgan fingerprint density at radius 2 is 0.667 bits per heavy atom. The lowest BCUT2D eigenvalue weighted by Gasteiger charge is -2.21. The third-order valence-corrected chi connectivity index (χ3v) is 9.41. The first-order valence-electron chi connectivity index (χ1n) is 15.3. The van der Waals surface area contributed by atoms with E-state index in [-0.39, 0.29) is 10.8 Å². The van der Waals surface area contributed by atoms with E-state index in [1.807, 2.05) is 0 Å². The number of hydrogen-bond acceptors (Lipinski definition) is 0. The normalized spacial score (nSPS) is 12.8. The Labute approximate surface area is 250 Å². The second-order valence-electron chi connectivity index (χ2n) is 14.4. The molecule has 0 heterocycles. The molecule has 7 rings (SSSR count). The van der Waals surface area contributed by atoms with E-state index in [9.17, 15) is 0 Å². The molecular formula is C42H40. The summed E-state index contributed by atoms with van der Waals surface area (Å²) in [5, 5.41) is 10.8. The van der Waals surface area contributed by atoms with Gasteiger partial charge in [0.25, 0.3) is 0 Å². The van der Waals surface area contributed by atoms with Crippen molar-refractivity contribution < 1.29 is 0 Å². The third kappa shape index (κ3) is 4.19. The van der Waals surface area contributed by atoms with E-state index >= 15 is 0 Å². The summed E-state index contributed by atoms with van der Waals surface area (Å²) in [4.78, 5) is 0. The topological polar surface area (TPSA) is 0 Å². The Balaban J connectivity index is 1.52. The summed E-state index contributed by atoms with van der Waals surface area (Å²) in [7, 11) is 0. The molecule has 0 aromatic heterocycles. The lowest BCUT2D eigenvalue weighted by molar-refractivity contribution is 0.590. The lowest BCUT2D eigenvalue weighted by Crippen LogP contribution is -2.10. The van der Waals surface area contributed by atoms with Crippen LogP contribution in [0.1, 0.15) is 63.8 Å². The first kappa shape index (κ1) is 26.7. The number of benzene rings is 7. The molecule has 7 aromatic carbocycles. The fraction of sp³-hybridized carbons (Fsp3) is 0.238. The van der Waals surface area contributed by atoms with Crippen LogP contribution in [0.15, 0.2) is 97.1 Å². The predicted molar refractivity (Wildman–Crippen MR) is 185 cm³/mol. The van der Waals surface area contributed by atoms with Gasteiger partial charge in [-0.1, -0.05) is 114 Å². The maximum atomic E-state index is 2.43. The van der Waals surface area contributed by atoms with Crippen LogP contribution >= 0.6 is 0 Å². The molecule has 0 radical (unpaired) electrons. The van der Waals surface area contributed by atoms with Crippen molar-refractivity contribution in [3.63, 3.8) is 0 Å². The van der Waals surface area contributed by atoms with Crippen LogP contribution in [0, 0.1) is 13.8 Å². The fourth-order valence-electron chi connectivity index (χ4n) is 6.78. The average molecular weight is 545 g/mol. The molecule has 0 spiro atoms. The second kappa shape index (κ2) is 9.17. The van der Waals surface area contributed by atoms with Crippen LogP contribution in [0.5, 0.6) is 0 Å². The third-order valence-electron chi connectivity index (χ3n) is 9.41. The SMILES string of the molecule is Cc1ccc2c3cc(-c4ccc(C(C)(C)C)cc4)cc4c(C)ccc(c5cc(-c6ccc(C(C)(C)C)cc6)cc1c25)c43. The Morgan fingerprint density at radius 3 is 1.00 bits per heavy atom. The van der Waals surface area contributed by atoms with Gasteiger partial charge in [0.15, 0.2) is 0 Å². The van der Waals surface area contributed by atoms with E-state index in [1.165, 1.54) is 87.6 Å². The Bertz CT molecular complexity index is 1970. The molecule has 0 N–H and O–H groups in total. The molecule has 0 heteroatoms. The Kier molecular flexibility index (Phi) is 5.83. The number of hydrogen-bond donors (Lipinski definition) is 0. The molecule has 208 valence electrons. The number of aryl methyl sites for hydroxylation is 2. The van der Waals surface area contributed by atoms with Crippen LogP contribution in [-0.2, 0) is 10.8 Å². The molecule has 42 heavy (non-hydrogen) atoms. The number of rotatable bonds is 2. The predicted octanol–water partition coefficient (Wildman–Crippen LogP) is 12.3. The Hall–Kier alpha value is -4.16. The zero-order valence-corrected chi connectivity index (χ0v) is 26.2. The van der Waals surface area contributed by atoms with Crippen LogP contribution in [0.3, 0.4) is 0 Å². The van der Waals surface area contributed by atoms with E-state index in [2.05, 4.69) is 152 Å². The maximum absolute atomic E-state index is 2.43. The highest BCUT2D eigenvalue weighted by atomic mass is 14.2. The summed E-state index contributed by atoms with van der Waals surface area (Å²) in [5.74, 6) is 0. The van der Waals surface area contributed by atoms with Crippen molar-refractivity contribution in [2.45, 2.75) is 66.2 Å². The molecule has 0 saturated heterocycles. The molecule has 7 aromatic rings. The van der Waals surface area contributed by atoms with Crippen molar-refractivity contribution in [1.82, 2.24) is 0 Å². The summed E-state index contributed by atoms with van der Waals surface area (Å²) in [6.45, 7) is 18.2. The van der Waals surface area contributed by atoms with Gasteiger partial charge in [-0.05, 0) is 137 Å². The monoisotopic (exact) mass is 544 g/mol. The van der Waals surface area contributed by atoms with Crippen LogP contribution in [0.2, 0.25) is 0 Å². The molecule has 0 fully saturated rings. The van der Waals surface area contributed by atoms with Crippen molar-refractivity contribution in [3.8, 4) is 22.3 Å². The van der Waals surface area contributed by atoms with E-state index in [0.29, 0.717) is 0 Å². The highest BCUT2D eigenvalue weighted by Crippen LogP contribution is 2.45. The summed E-state index contributed by atoms with van der Waals surface area (Å²) >= 11 is 0. The molecule has 0 aliphatic rings. The molecule has 0 aliphatic heterocycles. The molecular weight excluding hydrogens is 504 g/mol. The molecule has 0 saturated carbocycles. The second-order valence-corrected chi connectivity index (χ2v) is 14.4. The number of fused-ring (bicyclic) bond motifs is 2. The molecule has 0 nitrogen and oxygen atoms in total. The largest absolute Gasteiger partial charge is 0.0581 e. The standard InChI is InChI=1S/C42H40/c1-25-9-19-33-38-24-30(28-13-17-32(18-14-28)42(6,7)8)22-36-26(2)10-20-34(40(36)38)37-23-29(21-35(25)39(33)37)27-11-15-31(16-12-27)41(3,4)5/h9-24H,1-8H3. The lowest BCUT2D eigenvalue weighted by atomic mass is 9.83. The first-order valence-corrected chi connectivity index (χ1v) is 15.3. The van der Waals surface area contributed by atoms with Gasteiger partial charge in [-0.15, -0.1) is 0 Å². The van der Waals surface area contributed by atoms with Gasteiger partial charge in [0.1, 0.15) is 0 Å². The van der Waals surface area contributed by atoms with Gasteiger partial charge in [-0.2, -0.15) is 0 Å². The van der Waals surface area contributed by atoms with Crippen molar-refractivity contribution in [2.24, 2.45) is 0 Å². The van der Waals surface area contributed by atoms with E-state index in [1.54, 1.807) is 0 Å². The smallest absolute Gasteiger partial charge is 0.00233 e. The Morgan fingerprint density at radius 1 is 0.333 bits per heavy atom. The van der Waals surface area contributed by atoms with Gasteiger partial charge in [0.05, 0.1) is 0 Å². The minimum absolute atomic E-state index is 0.143. The van der Waals surface area contributed by atoms with Gasteiger partial charge in [-0.3, -0.25) is 0 Å². The van der Waals surface area contributed by atoms with Gasteiger partial charge in [-0.25, -0.2) is 0 Å².